The number of carbonyl (C=O) groups is 1. The van der Waals surface area contributed by atoms with E-state index in [-0.39, 0.29) is 12.4 Å². The number of benzene rings is 3. The Morgan fingerprint density at radius 2 is 1.52 bits per heavy atom. The minimum atomic E-state index is -0.577. The number of carbonyl (C=O) groups excluding carboxylic acids is 1. The molecule has 31 heavy (non-hydrogen) atoms. The Morgan fingerprint density at radius 1 is 0.903 bits per heavy atom. The van der Waals surface area contributed by atoms with E-state index in [1.165, 1.54) is 16.0 Å². The number of ketones is 1. The van der Waals surface area contributed by atoms with Gasteiger partial charge in [0, 0.05) is 24.0 Å². The van der Waals surface area contributed by atoms with Gasteiger partial charge in [0.2, 0.25) is 0 Å². The Balaban J connectivity index is 1.55. The first-order valence-corrected chi connectivity index (χ1v) is 11.0. The molecule has 3 rings (SSSR count). The van der Waals surface area contributed by atoms with Gasteiger partial charge in [0.05, 0.1) is 6.54 Å². The van der Waals surface area contributed by atoms with Crippen LogP contribution in [0.5, 0.6) is 5.75 Å². The highest BCUT2D eigenvalue weighted by molar-refractivity contribution is 5.95. The summed E-state index contributed by atoms with van der Waals surface area (Å²) < 4.78 is 5.78. The number of ether oxygens (including phenoxy) is 1. The maximum absolute atomic E-state index is 11.7. The normalized spacial score (nSPS) is 12.8. The third-order valence-electron chi connectivity index (χ3n) is 5.37. The zero-order valence-electron chi connectivity index (χ0n) is 18.2. The second kappa shape index (κ2) is 12.0. The van der Waals surface area contributed by atoms with Gasteiger partial charge in [-0.2, -0.15) is 0 Å². The Hall–Kier alpha value is -2.95. The molecular weight excluding hydrogens is 386 g/mol. The second-order valence-electron chi connectivity index (χ2n) is 7.87. The van der Waals surface area contributed by atoms with Gasteiger partial charge in [-0.25, -0.2) is 0 Å². The molecule has 4 heteroatoms. The molecule has 0 radical (unpaired) electrons. The molecule has 162 valence electrons. The third-order valence-corrected chi connectivity index (χ3v) is 5.37. The third kappa shape index (κ3) is 7.67. The van der Waals surface area contributed by atoms with Crippen LogP contribution in [0.3, 0.4) is 0 Å². The molecule has 0 saturated heterocycles. The predicted molar refractivity (Wildman–Crippen MR) is 124 cm³/mol. The lowest BCUT2D eigenvalue weighted by Crippen LogP contribution is -3.12. The summed E-state index contributed by atoms with van der Waals surface area (Å²) in [5.41, 5.74) is 3.25. The summed E-state index contributed by atoms with van der Waals surface area (Å²) in [5, 5.41) is 10.6. The molecule has 0 spiro atoms. The highest BCUT2D eigenvalue weighted by Gasteiger charge is 2.17. The molecule has 3 aromatic carbocycles. The maximum atomic E-state index is 11.7. The molecule has 0 heterocycles. The molecule has 0 saturated carbocycles. The number of aliphatic hydroxyl groups is 1. The molecule has 0 fully saturated rings. The minimum Gasteiger partial charge on any atom is -0.491 e. The Morgan fingerprint density at radius 3 is 2.13 bits per heavy atom. The van der Waals surface area contributed by atoms with Crippen LogP contribution in [-0.2, 0) is 13.0 Å². The lowest BCUT2D eigenvalue weighted by atomic mass is 10.1. The van der Waals surface area contributed by atoms with E-state index in [4.69, 9.17) is 4.74 Å². The van der Waals surface area contributed by atoms with Gasteiger partial charge >= 0.3 is 0 Å². The van der Waals surface area contributed by atoms with Crippen molar-refractivity contribution in [3.8, 4) is 5.75 Å². The van der Waals surface area contributed by atoms with E-state index in [9.17, 15) is 9.90 Å². The van der Waals surface area contributed by atoms with Crippen molar-refractivity contribution in [3.05, 3.63) is 102 Å². The Kier molecular flexibility index (Phi) is 8.83. The SMILES string of the molecule is CCC(=O)c1ccc(OC[C@@H](O)C[NH+](CCc2ccccc2)Cc2ccccc2)cc1. The first kappa shape index (κ1) is 22.7. The molecule has 3 aromatic rings. The summed E-state index contributed by atoms with van der Waals surface area (Å²) in [5.74, 6) is 0.783. The number of aliphatic hydroxyl groups excluding tert-OH is 1. The van der Waals surface area contributed by atoms with Crippen molar-refractivity contribution >= 4 is 5.78 Å². The molecule has 0 aliphatic heterocycles. The van der Waals surface area contributed by atoms with Gasteiger partial charge in [0.1, 0.15) is 31.5 Å². The van der Waals surface area contributed by atoms with Gasteiger partial charge in [-0.3, -0.25) is 4.79 Å². The zero-order chi connectivity index (χ0) is 21.9. The van der Waals surface area contributed by atoms with E-state index in [1.54, 1.807) is 24.3 Å². The van der Waals surface area contributed by atoms with Gasteiger partial charge in [-0.15, -0.1) is 0 Å². The summed E-state index contributed by atoms with van der Waals surface area (Å²) in [7, 11) is 0. The first-order chi connectivity index (χ1) is 15.1. The van der Waals surface area contributed by atoms with Crippen molar-refractivity contribution in [1.82, 2.24) is 0 Å². The number of nitrogens with one attached hydrogen (secondary N) is 1. The van der Waals surface area contributed by atoms with Gasteiger partial charge in [-0.05, 0) is 29.8 Å². The van der Waals surface area contributed by atoms with Crippen LogP contribution in [0, 0.1) is 0 Å². The van der Waals surface area contributed by atoms with Gasteiger partial charge in [-0.1, -0.05) is 67.6 Å². The quantitative estimate of drug-likeness (QED) is 0.444. The Labute approximate surface area is 185 Å². The fourth-order valence-electron chi connectivity index (χ4n) is 3.64. The molecule has 0 aliphatic rings. The van der Waals surface area contributed by atoms with Gasteiger partial charge < -0.3 is 14.7 Å². The smallest absolute Gasteiger partial charge is 0.162 e. The van der Waals surface area contributed by atoms with Crippen molar-refractivity contribution < 1.29 is 19.5 Å². The molecule has 0 amide bonds. The van der Waals surface area contributed by atoms with Crippen LogP contribution in [0.4, 0.5) is 0 Å². The molecule has 0 aromatic heterocycles. The highest BCUT2D eigenvalue weighted by Crippen LogP contribution is 2.13. The number of Topliss-reactive ketones (excluding diaryl/α,β-unsaturated/α-hetero) is 1. The summed E-state index contributed by atoms with van der Waals surface area (Å²) in [6.45, 7) is 4.48. The van der Waals surface area contributed by atoms with Crippen molar-refractivity contribution in [1.29, 1.82) is 0 Å². The average molecular weight is 419 g/mol. The van der Waals surface area contributed by atoms with Crippen LogP contribution in [0.2, 0.25) is 0 Å². The molecule has 2 atom stereocenters. The van der Waals surface area contributed by atoms with Crippen molar-refractivity contribution in [2.75, 3.05) is 19.7 Å². The van der Waals surface area contributed by atoms with E-state index in [1.807, 2.05) is 19.1 Å². The Bertz CT molecular complexity index is 910. The maximum Gasteiger partial charge on any atom is 0.162 e. The van der Waals surface area contributed by atoms with E-state index < -0.39 is 6.10 Å². The largest absolute Gasteiger partial charge is 0.491 e. The lowest BCUT2D eigenvalue weighted by Gasteiger charge is -2.23. The molecule has 0 aliphatic carbocycles. The monoisotopic (exact) mass is 418 g/mol. The fraction of sp³-hybridized carbons (Fsp3) is 0.296. The topological polar surface area (TPSA) is 51.0 Å². The predicted octanol–water partition coefficient (Wildman–Crippen LogP) is 3.35. The van der Waals surface area contributed by atoms with Gasteiger partial charge in [0.25, 0.3) is 0 Å². The zero-order valence-corrected chi connectivity index (χ0v) is 18.2. The lowest BCUT2D eigenvalue weighted by molar-refractivity contribution is -0.916. The van der Waals surface area contributed by atoms with E-state index >= 15 is 0 Å². The van der Waals surface area contributed by atoms with Crippen LogP contribution < -0.4 is 9.64 Å². The molecule has 0 bridgehead atoms. The standard InChI is InChI=1S/C27H31NO3/c1-2-27(30)24-13-15-26(16-14-24)31-21-25(29)20-28(19-23-11-7-4-8-12-23)18-17-22-9-5-3-6-10-22/h3-16,25,29H,2,17-21H2,1H3/p+1/t25-/m0/s1. The fourth-order valence-corrected chi connectivity index (χ4v) is 3.64. The summed E-state index contributed by atoms with van der Waals surface area (Å²) in [6.07, 6.45) is 0.872. The molecule has 1 unspecified atom stereocenters. The average Bonchev–Trinajstić information content (AvgIpc) is 2.82. The van der Waals surface area contributed by atoms with E-state index in [2.05, 4.69) is 48.5 Å². The van der Waals surface area contributed by atoms with E-state index in [0.29, 0.717) is 24.3 Å². The van der Waals surface area contributed by atoms with Crippen LogP contribution in [0.1, 0.15) is 34.8 Å². The van der Waals surface area contributed by atoms with Crippen molar-refractivity contribution in [3.63, 3.8) is 0 Å². The van der Waals surface area contributed by atoms with Crippen molar-refractivity contribution in [2.45, 2.75) is 32.4 Å². The number of quaternary nitrogens is 1. The molecular formula is C27H32NO3+. The van der Waals surface area contributed by atoms with Crippen molar-refractivity contribution in [2.24, 2.45) is 0 Å². The molecule has 4 nitrogen and oxygen atoms in total. The number of hydrogen-bond acceptors (Lipinski definition) is 3. The minimum absolute atomic E-state index is 0.116. The number of rotatable bonds is 12. The van der Waals surface area contributed by atoms with E-state index in [0.717, 1.165) is 19.5 Å². The summed E-state index contributed by atoms with van der Waals surface area (Å²) in [4.78, 5) is 13.1. The first-order valence-electron chi connectivity index (χ1n) is 11.0. The number of hydrogen-bond donors (Lipinski definition) is 2. The summed E-state index contributed by atoms with van der Waals surface area (Å²) in [6, 6.07) is 28.0. The van der Waals surface area contributed by atoms with Crippen LogP contribution in [0.25, 0.3) is 0 Å². The highest BCUT2D eigenvalue weighted by atomic mass is 16.5. The van der Waals surface area contributed by atoms with Crippen LogP contribution in [-0.4, -0.2) is 36.7 Å². The second-order valence-corrected chi connectivity index (χ2v) is 7.87. The van der Waals surface area contributed by atoms with Crippen LogP contribution >= 0.6 is 0 Å². The summed E-state index contributed by atoms with van der Waals surface area (Å²) >= 11 is 0. The molecule has 2 N–H and O–H groups in total. The van der Waals surface area contributed by atoms with Crippen LogP contribution in [0.15, 0.2) is 84.9 Å². The van der Waals surface area contributed by atoms with Gasteiger partial charge in [0.15, 0.2) is 5.78 Å².